The molecule has 0 fully saturated rings. The van der Waals surface area contributed by atoms with Crippen LogP contribution in [0.3, 0.4) is 0 Å². The van der Waals surface area contributed by atoms with Crippen LogP contribution in [0.1, 0.15) is 13.8 Å². The fourth-order valence-corrected chi connectivity index (χ4v) is 2.56. The van der Waals surface area contributed by atoms with Crippen molar-refractivity contribution in [3.63, 3.8) is 0 Å². The standard InChI is InChI=1S/C9H11N3O7S/c1-6(2)10(20(17,18)19)8-4-3-7(11(13)14)5-9(8)12(15)16/h3-6H,1-2H3,(H,17,18,19). The van der Waals surface area contributed by atoms with Crippen molar-refractivity contribution in [1.29, 1.82) is 0 Å². The number of nitro groups is 2. The number of rotatable bonds is 5. The Morgan fingerprint density at radius 2 is 1.75 bits per heavy atom. The van der Waals surface area contributed by atoms with Gasteiger partial charge in [0.2, 0.25) is 0 Å². The fraction of sp³-hybridized carbons (Fsp3) is 0.333. The first kappa shape index (κ1) is 15.8. The molecule has 0 aliphatic carbocycles. The molecular weight excluding hydrogens is 294 g/mol. The maximum Gasteiger partial charge on any atom is 0.360 e. The van der Waals surface area contributed by atoms with Gasteiger partial charge in [0.1, 0.15) is 5.69 Å². The van der Waals surface area contributed by atoms with E-state index in [4.69, 9.17) is 4.55 Å². The van der Waals surface area contributed by atoms with Crippen molar-refractivity contribution >= 4 is 27.4 Å². The van der Waals surface area contributed by atoms with Crippen LogP contribution >= 0.6 is 0 Å². The average Bonchev–Trinajstić information content (AvgIpc) is 2.26. The van der Waals surface area contributed by atoms with E-state index in [-0.39, 0.29) is 0 Å². The molecule has 0 saturated heterocycles. The summed E-state index contributed by atoms with van der Waals surface area (Å²) < 4.78 is 32.1. The van der Waals surface area contributed by atoms with Crippen LogP contribution in [0.2, 0.25) is 0 Å². The van der Waals surface area contributed by atoms with E-state index in [1.54, 1.807) is 0 Å². The zero-order valence-electron chi connectivity index (χ0n) is 10.5. The topological polar surface area (TPSA) is 144 Å². The van der Waals surface area contributed by atoms with E-state index in [0.29, 0.717) is 10.4 Å². The van der Waals surface area contributed by atoms with E-state index in [2.05, 4.69) is 0 Å². The highest BCUT2D eigenvalue weighted by atomic mass is 32.2. The zero-order valence-corrected chi connectivity index (χ0v) is 11.3. The molecule has 11 heteroatoms. The summed E-state index contributed by atoms with van der Waals surface area (Å²) in [5.74, 6) is 0. The second kappa shape index (κ2) is 5.38. The summed E-state index contributed by atoms with van der Waals surface area (Å²) in [6.45, 7) is 2.78. The van der Waals surface area contributed by atoms with Crippen LogP contribution in [-0.4, -0.2) is 28.9 Å². The van der Waals surface area contributed by atoms with Gasteiger partial charge in [0.15, 0.2) is 0 Å². The van der Waals surface area contributed by atoms with Gasteiger partial charge in [-0.2, -0.15) is 8.42 Å². The molecule has 20 heavy (non-hydrogen) atoms. The second-order valence-electron chi connectivity index (χ2n) is 4.05. The summed E-state index contributed by atoms with van der Waals surface area (Å²) in [6, 6.07) is 1.65. The Hall–Kier alpha value is -2.27. The summed E-state index contributed by atoms with van der Waals surface area (Å²) in [6.07, 6.45) is 0. The van der Waals surface area contributed by atoms with E-state index in [0.717, 1.165) is 12.1 Å². The van der Waals surface area contributed by atoms with Gasteiger partial charge in [-0.15, -0.1) is 0 Å². The monoisotopic (exact) mass is 305 g/mol. The highest BCUT2D eigenvalue weighted by Gasteiger charge is 2.31. The third kappa shape index (κ3) is 3.19. The molecule has 0 heterocycles. The SMILES string of the molecule is CC(C)N(c1ccc([N+](=O)[O-])cc1[N+](=O)[O-])S(=O)(=O)O. The van der Waals surface area contributed by atoms with Crippen molar-refractivity contribution in [2.24, 2.45) is 0 Å². The third-order valence-electron chi connectivity index (χ3n) is 2.32. The molecule has 0 bridgehead atoms. The molecule has 1 N–H and O–H groups in total. The zero-order chi connectivity index (χ0) is 15.7. The molecule has 0 radical (unpaired) electrons. The summed E-state index contributed by atoms with van der Waals surface area (Å²) in [4.78, 5) is 19.7. The molecule has 1 aromatic carbocycles. The van der Waals surface area contributed by atoms with E-state index in [9.17, 15) is 28.6 Å². The van der Waals surface area contributed by atoms with Gasteiger partial charge < -0.3 is 0 Å². The first-order chi connectivity index (χ1) is 9.05. The highest BCUT2D eigenvalue weighted by molar-refractivity contribution is 7.87. The molecule has 1 aromatic rings. The molecular formula is C9H11N3O7S. The number of benzene rings is 1. The van der Waals surface area contributed by atoms with Crippen LogP contribution in [0.15, 0.2) is 18.2 Å². The average molecular weight is 305 g/mol. The Morgan fingerprint density at radius 1 is 1.20 bits per heavy atom. The minimum absolute atomic E-state index is 0.412. The smallest absolute Gasteiger partial charge is 0.269 e. The van der Waals surface area contributed by atoms with Crippen LogP contribution in [-0.2, 0) is 10.3 Å². The lowest BCUT2D eigenvalue weighted by molar-refractivity contribution is -0.393. The lowest BCUT2D eigenvalue weighted by Gasteiger charge is -2.24. The molecule has 0 atom stereocenters. The third-order valence-corrected chi connectivity index (χ3v) is 3.44. The lowest BCUT2D eigenvalue weighted by Crippen LogP contribution is -2.36. The summed E-state index contributed by atoms with van der Waals surface area (Å²) in [7, 11) is -4.75. The predicted molar refractivity (Wildman–Crippen MR) is 68.9 cm³/mol. The predicted octanol–water partition coefficient (Wildman–Crippen LogP) is 1.52. The number of non-ortho nitro benzene ring substituents is 1. The quantitative estimate of drug-likeness (QED) is 0.493. The van der Waals surface area contributed by atoms with Crippen molar-refractivity contribution in [3.05, 3.63) is 38.4 Å². The number of hydrogen-bond acceptors (Lipinski definition) is 6. The molecule has 0 aliphatic rings. The molecule has 0 unspecified atom stereocenters. The molecule has 0 aliphatic heterocycles. The second-order valence-corrected chi connectivity index (χ2v) is 5.34. The van der Waals surface area contributed by atoms with E-state index < -0.39 is 43.3 Å². The van der Waals surface area contributed by atoms with Gasteiger partial charge in [-0.1, -0.05) is 0 Å². The fourth-order valence-electron chi connectivity index (χ4n) is 1.63. The van der Waals surface area contributed by atoms with Gasteiger partial charge in [-0.3, -0.25) is 24.8 Å². The molecule has 0 saturated carbocycles. The summed E-state index contributed by atoms with van der Waals surface area (Å²) in [5.41, 5.74) is -1.79. The Bertz CT molecular complexity index is 656. The normalized spacial score (nSPS) is 11.4. The minimum Gasteiger partial charge on any atom is -0.269 e. The van der Waals surface area contributed by atoms with E-state index >= 15 is 0 Å². The maximum absolute atomic E-state index is 11.3. The molecule has 0 aromatic heterocycles. The Balaban J connectivity index is 3.58. The number of anilines is 1. The minimum atomic E-state index is -4.75. The van der Waals surface area contributed by atoms with E-state index in [1.807, 2.05) is 0 Å². The van der Waals surface area contributed by atoms with Gasteiger partial charge in [0.05, 0.1) is 15.9 Å². The number of hydrogen-bond donors (Lipinski definition) is 1. The Kier molecular flexibility index (Phi) is 4.25. The number of nitro benzene ring substituents is 2. The summed E-state index contributed by atoms with van der Waals surface area (Å²) in [5, 5.41) is 21.5. The van der Waals surface area contributed by atoms with Crippen LogP contribution < -0.4 is 4.31 Å². The van der Waals surface area contributed by atoms with Crippen LogP contribution in [0.4, 0.5) is 17.1 Å². The van der Waals surface area contributed by atoms with Gasteiger partial charge >= 0.3 is 10.3 Å². The lowest BCUT2D eigenvalue weighted by atomic mass is 10.2. The van der Waals surface area contributed by atoms with Crippen molar-refractivity contribution in [1.82, 2.24) is 0 Å². The first-order valence-electron chi connectivity index (χ1n) is 5.25. The Labute approximate surface area is 113 Å². The van der Waals surface area contributed by atoms with Gasteiger partial charge in [0.25, 0.3) is 11.4 Å². The van der Waals surface area contributed by atoms with Crippen molar-refractivity contribution < 1.29 is 22.8 Å². The Morgan fingerprint density at radius 3 is 2.10 bits per heavy atom. The van der Waals surface area contributed by atoms with Crippen LogP contribution in [0, 0.1) is 20.2 Å². The molecule has 0 amide bonds. The van der Waals surface area contributed by atoms with E-state index in [1.165, 1.54) is 13.8 Å². The largest absolute Gasteiger partial charge is 0.360 e. The van der Waals surface area contributed by atoms with Crippen LogP contribution in [0.25, 0.3) is 0 Å². The van der Waals surface area contributed by atoms with Gasteiger partial charge in [-0.05, 0) is 19.9 Å². The first-order valence-corrected chi connectivity index (χ1v) is 6.65. The van der Waals surface area contributed by atoms with Crippen molar-refractivity contribution in [3.8, 4) is 0 Å². The molecule has 1 rings (SSSR count). The van der Waals surface area contributed by atoms with Crippen molar-refractivity contribution in [2.45, 2.75) is 19.9 Å². The summed E-state index contributed by atoms with van der Waals surface area (Å²) >= 11 is 0. The molecule has 10 nitrogen and oxygen atoms in total. The van der Waals surface area contributed by atoms with Gasteiger partial charge in [-0.25, -0.2) is 4.31 Å². The van der Waals surface area contributed by atoms with Crippen molar-refractivity contribution in [2.75, 3.05) is 4.31 Å². The van der Waals surface area contributed by atoms with Gasteiger partial charge in [0, 0.05) is 12.1 Å². The molecule has 0 spiro atoms. The number of nitrogens with zero attached hydrogens (tertiary/aromatic N) is 3. The molecule has 110 valence electrons. The highest BCUT2D eigenvalue weighted by Crippen LogP contribution is 2.34. The maximum atomic E-state index is 11.3. The van der Waals surface area contributed by atoms with Crippen LogP contribution in [0.5, 0.6) is 0 Å².